The minimum absolute atomic E-state index is 0.200. The largest absolute Gasteiger partial charge is 0.393 e. The highest BCUT2D eigenvalue weighted by Crippen LogP contribution is 2.12. The predicted molar refractivity (Wildman–Crippen MR) is 58.3 cm³/mol. The van der Waals surface area contributed by atoms with Crippen molar-refractivity contribution in [1.82, 2.24) is 0 Å². The van der Waals surface area contributed by atoms with E-state index < -0.39 is 0 Å². The maximum absolute atomic E-state index is 11.2. The van der Waals surface area contributed by atoms with Crippen molar-refractivity contribution in [2.75, 3.05) is 0 Å². The number of ether oxygens (including phenoxy) is 2. The Morgan fingerprint density at radius 2 is 1.12 bits per heavy atom. The summed E-state index contributed by atoms with van der Waals surface area (Å²) < 4.78 is 9.52. The molecule has 16 heavy (non-hydrogen) atoms. The van der Waals surface area contributed by atoms with Gasteiger partial charge in [-0.05, 0) is 19.4 Å². The van der Waals surface area contributed by atoms with Crippen molar-refractivity contribution < 1.29 is 19.1 Å². The Kier molecular flexibility index (Phi) is 5.61. The zero-order valence-corrected chi connectivity index (χ0v) is 9.50. The zero-order valence-electron chi connectivity index (χ0n) is 9.50. The second-order valence-electron chi connectivity index (χ2n) is 3.94. The normalized spacial score (nSPS) is 21.1. The molecule has 0 aromatic carbocycles. The fourth-order valence-electron chi connectivity index (χ4n) is 1.62. The average molecular weight is 226 g/mol. The minimum atomic E-state index is -0.378. The molecule has 0 bridgehead atoms. The van der Waals surface area contributed by atoms with E-state index in [0.29, 0.717) is 12.8 Å². The fourth-order valence-corrected chi connectivity index (χ4v) is 1.62. The number of carbonyl (C=O) groups is 2. The van der Waals surface area contributed by atoms with Crippen molar-refractivity contribution in [3.63, 3.8) is 0 Å². The SMILES string of the molecule is C=C1OC(=O)CCCCCCCCC(=O)O1. The molecule has 4 nitrogen and oxygen atoms in total. The van der Waals surface area contributed by atoms with Crippen molar-refractivity contribution in [2.45, 2.75) is 51.4 Å². The molecule has 1 aliphatic heterocycles. The molecule has 90 valence electrons. The first-order valence-electron chi connectivity index (χ1n) is 5.79. The molecule has 0 aromatic rings. The highest BCUT2D eigenvalue weighted by Gasteiger charge is 2.11. The van der Waals surface area contributed by atoms with Gasteiger partial charge >= 0.3 is 11.9 Å². The van der Waals surface area contributed by atoms with E-state index in [1.54, 1.807) is 0 Å². The molecule has 1 aliphatic rings. The van der Waals surface area contributed by atoms with Crippen molar-refractivity contribution in [1.29, 1.82) is 0 Å². The molecule has 0 amide bonds. The van der Waals surface area contributed by atoms with Crippen LogP contribution in [-0.2, 0) is 19.1 Å². The first-order valence-corrected chi connectivity index (χ1v) is 5.79. The van der Waals surface area contributed by atoms with Crippen LogP contribution < -0.4 is 0 Å². The summed E-state index contributed by atoms with van der Waals surface area (Å²) in [5.41, 5.74) is 0. The van der Waals surface area contributed by atoms with Gasteiger partial charge in [-0.2, -0.15) is 0 Å². The van der Waals surface area contributed by atoms with Gasteiger partial charge in [-0.3, -0.25) is 9.59 Å². The second kappa shape index (κ2) is 7.04. The van der Waals surface area contributed by atoms with E-state index in [1.807, 2.05) is 0 Å². The van der Waals surface area contributed by atoms with Crippen LogP contribution in [0.3, 0.4) is 0 Å². The van der Waals surface area contributed by atoms with Gasteiger partial charge in [0.05, 0.1) is 0 Å². The summed E-state index contributed by atoms with van der Waals surface area (Å²) in [5, 5.41) is 0. The van der Waals surface area contributed by atoms with Gasteiger partial charge in [0.25, 0.3) is 5.95 Å². The molecule has 0 unspecified atom stereocenters. The van der Waals surface area contributed by atoms with E-state index in [-0.39, 0.29) is 17.9 Å². The Hall–Kier alpha value is -1.32. The molecule has 0 N–H and O–H groups in total. The van der Waals surface area contributed by atoms with E-state index in [0.717, 1.165) is 38.5 Å². The van der Waals surface area contributed by atoms with Gasteiger partial charge in [-0.1, -0.05) is 25.7 Å². The number of cyclic esters (lactones) is 2. The summed E-state index contributed by atoms with van der Waals surface area (Å²) in [6.45, 7) is 3.38. The van der Waals surface area contributed by atoms with Crippen LogP contribution in [0.2, 0.25) is 0 Å². The summed E-state index contributed by atoms with van der Waals surface area (Å²) in [6, 6.07) is 0. The maximum atomic E-state index is 11.2. The van der Waals surface area contributed by atoms with E-state index in [1.165, 1.54) is 0 Å². The summed E-state index contributed by atoms with van der Waals surface area (Å²) in [6.07, 6.45) is 6.60. The number of hydrogen-bond donors (Lipinski definition) is 0. The molecule has 0 radical (unpaired) electrons. The van der Waals surface area contributed by atoms with Crippen molar-refractivity contribution >= 4 is 11.9 Å². The molecule has 0 saturated carbocycles. The second-order valence-corrected chi connectivity index (χ2v) is 3.94. The Morgan fingerprint density at radius 1 is 0.750 bits per heavy atom. The highest BCUT2D eigenvalue weighted by molar-refractivity contribution is 5.72. The lowest BCUT2D eigenvalue weighted by atomic mass is 10.1. The van der Waals surface area contributed by atoms with E-state index in [4.69, 9.17) is 9.47 Å². The van der Waals surface area contributed by atoms with Gasteiger partial charge in [-0.25, -0.2) is 0 Å². The molecule has 1 saturated heterocycles. The molecule has 1 heterocycles. The van der Waals surface area contributed by atoms with Crippen LogP contribution in [0.15, 0.2) is 12.5 Å². The van der Waals surface area contributed by atoms with Gasteiger partial charge in [0.2, 0.25) is 0 Å². The van der Waals surface area contributed by atoms with Gasteiger partial charge in [-0.15, -0.1) is 0 Å². The summed E-state index contributed by atoms with van der Waals surface area (Å²) >= 11 is 0. The topological polar surface area (TPSA) is 52.6 Å². The maximum Gasteiger partial charge on any atom is 0.313 e. The smallest absolute Gasteiger partial charge is 0.313 e. The van der Waals surface area contributed by atoms with Crippen LogP contribution in [0, 0.1) is 0 Å². The molecule has 0 aromatic heterocycles. The lowest BCUT2D eigenvalue weighted by Gasteiger charge is -2.06. The Morgan fingerprint density at radius 3 is 1.56 bits per heavy atom. The molecule has 0 atom stereocenters. The van der Waals surface area contributed by atoms with Crippen molar-refractivity contribution in [2.24, 2.45) is 0 Å². The molecular weight excluding hydrogens is 208 g/mol. The van der Waals surface area contributed by atoms with Crippen LogP contribution in [0.1, 0.15) is 51.4 Å². The molecule has 1 fully saturated rings. The third-order valence-electron chi connectivity index (χ3n) is 2.47. The van der Waals surface area contributed by atoms with Crippen molar-refractivity contribution in [3.05, 3.63) is 12.5 Å². The summed E-state index contributed by atoms with van der Waals surface area (Å²) in [7, 11) is 0. The fraction of sp³-hybridized carbons (Fsp3) is 0.667. The Labute approximate surface area is 95.6 Å². The summed E-state index contributed by atoms with van der Waals surface area (Å²) in [5.74, 6) is -0.955. The first kappa shape index (κ1) is 12.7. The number of hydrogen-bond acceptors (Lipinski definition) is 4. The molecule has 0 aliphatic carbocycles. The van der Waals surface area contributed by atoms with Crippen LogP contribution in [0.5, 0.6) is 0 Å². The van der Waals surface area contributed by atoms with E-state index in [2.05, 4.69) is 6.58 Å². The van der Waals surface area contributed by atoms with Gasteiger partial charge in [0.15, 0.2) is 0 Å². The average Bonchev–Trinajstić information content (AvgIpc) is 2.21. The van der Waals surface area contributed by atoms with E-state index in [9.17, 15) is 9.59 Å². The predicted octanol–water partition coefficient (Wildman–Crippen LogP) is 2.68. The molecule has 0 spiro atoms. The number of esters is 2. The third kappa shape index (κ3) is 5.53. The van der Waals surface area contributed by atoms with Crippen LogP contribution in [-0.4, -0.2) is 11.9 Å². The zero-order chi connectivity index (χ0) is 11.8. The van der Waals surface area contributed by atoms with Gasteiger partial charge in [0.1, 0.15) is 0 Å². The molecule has 1 rings (SSSR count). The van der Waals surface area contributed by atoms with E-state index >= 15 is 0 Å². The lowest BCUT2D eigenvalue weighted by Crippen LogP contribution is -2.10. The minimum Gasteiger partial charge on any atom is -0.393 e. The molecule has 4 heteroatoms. The number of carbonyl (C=O) groups excluding carboxylic acids is 2. The van der Waals surface area contributed by atoms with Crippen LogP contribution in [0.25, 0.3) is 0 Å². The highest BCUT2D eigenvalue weighted by atomic mass is 16.7. The van der Waals surface area contributed by atoms with Gasteiger partial charge < -0.3 is 9.47 Å². The lowest BCUT2D eigenvalue weighted by molar-refractivity contribution is -0.153. The monoisotopic (exact) mass is 226 g/mol. The van der Waals surface area contributed by atoms with Crippen molar-refractivity contribution in [3.8, 4) is 0 Å². The van der Waals surface area contributed by atoms with Crippen LogP contribution >= 0.6 is 0 Å². The van der Waals surface area contributed by atoms with Crippen LogP contribution in [0.4, 0.5) is 0 Å². The standard InChI is InChI=1S/C12H18O4/c1-10-15-11(13)8-6-4-2-3-5-7-9-12(14)16-10/h1-9H2. The number of rotatable bonds is 0. The quantitative estimate of drug-likeness (QED) is 0.596. The summed E-state index contributed by atoms with van der Waals surface area (Å²) in [4.78, 5) is 22.5. The Bertz CT molecular complexity index is 244. The molecular formula is C12H18O4. The first-order chi connectivity index (χ1) is 7.68. The third-order valence-corrected chi connectivity index (χ3v) is 2.47. The Balaban J connectivity index is 2.43. The van der Waals surface area contributed by atoms with Gasteiger partial charge in [0, 0.05) is 12.8 Å².